The fraction of sp³-hybridized carbons (Fsp3) is 0.467. The first kappa shape index (κ1) is 14.4. The van der Waals surface area contributed by atoms with Crippen molar-refractivity contribution in [3.8, 4) is 0 Å². The highest BCUT2D eigenvalue weighted by Gasteiger charge is 2.33. The van der Waals surface area contributed by atoms with Gasteiger partial charge in [-0.1, -0.05) is 18.2 Å². The topological polar surface area (TPSA) is 60.9 Å². The fourth-order valence-electron chi connectivity index (χ4n) is 2.67. The Kier molecular flexibility index (Phi) is 3.97. The molecule has 1 heterocycles. The van der Waals surface area contributed by atoms with Crippen molar-refractivity contribution in [2.24, 2.45) is 5.92 Å². The average molecular weight is 276 g/mol. The van der Waals surface area contributed by atoms with E-state index < -0.39 is 11.9 Å². The first-order chi connectivity index (χ1) is 9.41. The number of para-hydroxylation sites is 1. The number of hydrogen-bond donors (Lipinski definition) is 1. The molecule has 5 heteroatoms. The van der Waals surface area contributed by atoms with Gasteiger partial charge in [0.15, 0.2) is 0 Å². The van der Waals surface area contributed by atoms with Gasteiger partial charge in [-0.15, -0.1) is 0 Å². The minimum absolute atomic E-state index is 0.0224. The number of carboxylic acid groups (broad SMARTS) is 1. The molecule has 2 unspecified atom stereocenters. The van der Waals surface area contributed by atoms with Crippen molar-refractivity contribution in [3.05, 3.63) is 29.8 Å². The van der Waals surface area contributed by atoms with Crippen molar-refractivity contribution in [3.63, 3.8) is 0 Å². The maximum absolute atomic E-state index is 12.2. The van der Waals surface area contributed by atoms with Crippen LogP contribution in [0, 0.1) is 5.92 Å². The number of hydrogen-bond acceptors (Lipinski definition) is 3. The number of anilines is 1. The van der Waals surface area contributed by atoms with E-state index in [1.807, 2.05) is 36.1 Å². The summed E-state index contributed by atoms with van der Waals surface area (Å²) in [6.07, 6.45) is 0.519. The molecule has 5 nitrogen and oxygen atoms in total. The summed E-state index contributed by atoms with van der Waals surface area (Å²) in [5.41, 5.74) is 1.96. The molecule has 2 atom stereocenters. The van der Waals surface area contributed by atoms with E-state index in [0.717, 1.165) is 11.3 Å². The Morgan fingerprint density at radius 2 is 2.00 bits per heavy atom. The highest BCUT2D eigenvalue weighted by atomic mass is 16.4. The number of nitrogens with zero attached hydrogens (tertiary/aromatic N) is 2. The lowest BCUT2D eigenvalue weighted by Gasteiger charge is -2.38. The molecule has 0 aromatic heterocycles. The number of aliphatic carboxylic acids is 1. The quantitative estimate of drug-likeness (QED) is 0.902. The Hall–Kier alpha value is -2.04. The molecule has 0 fully saturated rings. The monoisotopic (exact) mass is 276 g/mol. The van der Waals surface area contributed by atoms with E-state index in [-0.39, 0.29) is 11.9 Å². The third-order valence-corrected chi connectivity index (χ3v) is 3.80. The molecular weight excluding hydrogens is 256 g/mol. The molecule has 0 radical (unpaired) electrons. The summed E-state index contributed by atoms with van der Waals surface area (Å²) in [6.45, 7) is 2.19. The van der Waals surface area contributed by atoms with E-state index in [0.29, 0.717) is 13.0 Å². The zero-order valence-electron chi connectivity index (χ0n) is 12.0. The zero-order valence-corrected chi connectivity index (χ0v) is 12.0. The lowest BCUT2D eigenvalue weighted by Crippen LogP contribution is -2.50. The lowest BCUT2D eigenvalue weighted by atomic mass is 9.91. The van der Waals surface area contributed by atoms with Gasteiger partial charge in [-0.05, 0) is 25.0 Å². The van der Waals surface area contributed by atoms with Gasteiger partial charge in [0.1, 0.15) is 6.04 Å². The molecule has 0 bridgehead atoms. The molecular formula is C15H20N2O3. The van der Waals surface area contributed by atoms with Gasteiger partial charge < -0.3 is 14.9 Å². The number of benzene rings is 1. The average Bonchev–Trinajstić information content (AvgIpc) is 2.44. The van der Waals surface area contributed by atoms with Crippen LogP contribution in [-0.2, 0) is 16.0 Å². The Morgan fingerprint density at radius 1 is 1.35 bits per heavy atom. The van der Waals surface area contributed by atoms with Crippen molar-refractivity contribution in [2.45, 2.75) is 19.4 Å². The number of carboxylic acids is 1. The molecule has 2 rings (SSSR count). The number of carbonyl (C=O) groups excluding carboxylic acids is 1. The smallest absolute Gasteiger partial charge is 0.308 e. The molecule has 1 aromatic rings. The van der Waals surface area contributed by atoms with Crippen LogP contribution in [0.1, 0.15) is 12.5 Å². The zero-order chi connectivity index (χ0) is 14.9. The van der Waals surface area contributed by atoms with Gasteiger partial charge in [-0.3, -0.25) is 9.59 Å². The molecule has 1 aliphatic heterocycles. The van der Waals surface area contributed by atoms with Crippen LogP contribution in [0.2, 0.25) is 0 Å². The van der Waals surface area contributed by atoms with Crippen LogP contribution >= 0.6 is 0 Å². The van der Waals surface area contributed by atoms with Gasteiger partial charge in [0, 0.05) is 26.3 Å². The van der Waals surface area contributed by atoms with Gasteiger partial charge >= 0.3 is 5.97 Å². The van der Waals surface area contributed by atoms with Crippen molar-refractivity contribution in [1.29, 1.82) is 0 Å². The molecule has 0 saturated carbocycles. The van der Waals surface area contributed by atoms with Crippen LogP contribution < -0.4 is 4.90 Å². The Bertz CT molecular complexity index is 528. The summed E-state index contributed by atoms with van der Waals surface area (Å²) in [6, 6.07) is 7.34. The fourth-order valence-corrected chi connectivity index (χ4v) is 2.67. The van der Waals surface area contributed by atoms with Gasteiger partial charge in [-0.25, -0.2) is 0 Å². The minimum Gasteiger partial charge on any atom is -0.481 e. The number of fused-ring (bicyclic) bond motifs is 1. The van der Waals surface area contributed by atoms with Crippen molar-refractivity contribution < 1.29 is 14.7 Å². The second-order valence-corrected chi connectivity index (χ2v) is 5.43. The molecule has 0 saturated heterocycles. The van der Waals surface area contributed by atoms with Crippen LogP contribution in [0.15, 0.2) is 24.3 Å². The Labute approximate surface area is 118 Å². The van der Waals surface area contributed by atoms with E-state index >= 15 is 0 Å². The normalized spacial score (nSPS) is 19.1. The third kappa shape index (κ3) is 2.61. The molecule has 1 N–H and O–H groups in total. The summed E-state index contributed by atoms with van der Waals surface area (Å²) >= 11 is 0. The molecule has 0 aliphatic carbocycles. The molecule has 108 valence electrons. The van der Waals surface area contributed by atoms with E-state index in [9.17, 15) is 14.7 Å². The van der Waals surface area contributed by atoms with Gasteiger partial charge in [0.2, 0.25) is 5.91 Å². The van der Waals surface area contributed by atoms with Gasteiger partial charge in [0.05, 0.1) is 5.92 Å². The standard InChI is InChI=1S/C15H20N2O3/c1-10(14(18)16(2)3)17-9-12(15(19)20)8-11-6-4-5-7-13(11)17/h4-7,10,12H,8-9H2,1-3H3,(H,19,20). The predicted octanol–water partition coefficient (Wildman–Crippen LogP) is 1.23. The number of amides is 1. The predicted molar refractivity (Wildman–Crippen MR) is 76.8 cm³/mol. The molecule has 0 spiro atoms. The van der Waals surface area contributed by atoms with Crippen molar-refractivity contribution in [1.82, 2.24) is 4.90 Å². The molecule has 20 heavy (non-hydrogen) atoms. The van der Waals surface area contributed by atoms with Crippen molar-refractivity contribution >= 4 is 17.6 Å². The van der Waals surface area contributed by atoms with Crippen LogP contribution in [0.5, 0.6) is 0 Å². The molecule has 1 aliphatic rings. The first-order valence-electron chi connectivity index (χ1n) is 6.70. The maximum Gasteiger partial charge on any atom is 0.308 e. The van der Waals surface area contributed by atoms with Crippen LogP contribution in [0.25, 0.3) is 0 Å². The van der Waals surface area contributed by atoms with Crippen LogP contribution in [0.4, 0.5) is 5.69 Å². The number of carbonyl (C=O) groups is 2. The summed E-state index contributed by atoms with van der Waals surface area (Å²) in [5, 5.41) is 9.29. The van der Waals surface area contributed by atoms with Gasteiger partial charge in [0.25, 0.3) is 0 Å². The van der Waals surface area contributed by atoms with Crippen molar-refractivity contribution in [2.75, 3.05) is 25.5 Å². The highest BCUT2D eigenvalue weighted by Crippen LogP contribution is 2.31. The lowest BCUT2D eigenvalue weighted by molar-refractivity contribution is -0.141. The van der Waals surface area contributed by atoms with E-state index in [1.165, 1.54) is 4.90 Å². The first-order valence-corrected chi connectivity index (χ1v) is 6.70. The largest absolute Gasteiger partial charge is 0.481 e. The maximum atomic E-state index is 12.2. The molecule has 1 aromatic carbocycles. The second-order valence-electron chi connectivity index (χ2n) is 5.43. The summed E-state index contributed by atoms with van der Waals surface area (Å²) < 4.78 is 0. The second kappa shape index (κ2) is 5.53. The SMILES string of the molecule is CC(C(=O)N(C)C)N1CC(C(=O)O)Cc2ccccc21. The minimum atomic E-state index is -0.811. The van der Waals surface area contributed by atoms with Gasteiger partial charge in [-0.2, -0.15) is 0 Å². The number of rotatable bonds is 3. The Morgan fingerprint density at radius 3 is 2.60 bits per heavy atom. The highest BCUT2D eigenvalue weighted by molar-refractivity contribution is 5.86. The number of likely N-dealkylation sites (N-methyl/N-ethyl adjacent to an activating group) is 1. The van der Waals surface area contributed by atoms with E-state index in [4.69, 9.17) is 0 Å². The summed E-state index contributed by atoms with van der Waals surface area (Å²) in [7, 11) is 3.42. The van der Waals surface area contributed by atoms with Crippen LogP contribution in [-0.4, -0.2) is 48.6 Å². The molecule has 1 amide bonds. The third-order valence-electron chi connectivity index (χ3n) is 3.80. The van der Waals surface area contributed by atoms with E-state index in [1.54, 1.807) is 14.1 Å². The van der Waals surface area contributed by atoms with Crippen LogP contribution in [0.3, 0.4) is 0 Å². The summed E-state index contributed by atoms with van der Waals surface area (Å²) in [4.78, 5) is 26.9. The Balaban J connectivity index is 2.36. The summed E-state index contributed by atoms with van der Waals surface area (Å²) in [5.74, 6) is -1.30. The van der Waals surface area contributed by atoms with E-state index in [2.05, 4.69) is 0 Å².